The van der Waals surface area contributed by atoms with E-state index in [1.54, 1.807) is 4.90 Å². The summed E-state index contributed by atoms with van der Waals surface area (Å²) < 4.78 is 25.2. The molecule has 1 saturated heterocycles. The van der Waals surface area contributed by atoms with Crippen molar-refractivity contribution < 1.29 is 42.9 Å². The number of ether oxygens (including phenoxy) is 3. The van der Waals surface area contributed by atoms with Crippen molar-refractivity contribution in [3.05, 3.63) is 198 Å². The van der Waals surface area contributed by atoms with E-state index in [4.69, 9.17) is 18.6 Å². The molecular formula is C63H73N3O9Si. The summed E-state index contributed by atoms with van der Waals surface area (Å²) in [7, 11) is -2.75. The molecule has 13 heteroatoms. The van der Waals surface area contributed by atoms with E-state index in [0.717, 1.165) is 22.3 Å². The van der Waals surface area contributed by atoms with Gasteiger partial charge < -0.3 is 39.3 Å². The van der Waals surface area contributed by atoms with Crippen LogP contribution in [0.3, 0.4) is 0 Å². The number of hydrogen-bond acceptors (Lipinski definition) is 9. The third-order valence-corrected chi connectivity index (χ3v) is 19.8. The van der Waals surface area contributed by atoms with E-state index < -0.39 is 62.5 Å². The van der Waals surface area contributed by atoms with Crippen LogP contribution in [0.25, 0.3) is 0 Å². The molecule has 8 rings (SSSR count). The molecule has 7 atom stereocenters. The first-order valence-corrected chi connectivity index (χ1v) is 28.7. The second kappa shape index (κ2) is 26.2. The average molecular weight is 1040 g/mol. The molecule has 2 fully saturated rings. The van der Waals surface area contributed by atoms with Gasteiger partial charge in [-0.25, -0.2) is 0 Å². The first kappa shape index (κ1) is 55.3. The molecule has 0 unspecified atom stereocenters. The predicted octanol–water partition coefficient (Wildman–Crippen LogP) is 8.27. The van der Waals surface area contributed by atoms with Gasteiger partial charge in [0.2, 0.25) is 17.7 Å². The van der Waals surface area contributed by atoms with Gasteiger partial charge in [0.05, 0.1) is 12.7 Å². The summed E-state index contributed by atoms with van der Waals surface area (Å²) in [5.41, 5.74) is 3.57. The molecule has 6 aromatic carbocycles. The average Bonchev–Trinajstić information content (AvgIpc) is 3.88. The van der Waals surface area contributed by atoms with Gasteiger partial charge in [-0.05, 0) is 81.4 Å². The van der Waals surface area contributed by atoms with E-state index >= 15 is 4.79 Å². The first-order chi connectivity index (χ1) is 36.8. The molecule has 2 aliphatic rings. The molecule has 1 saturated carbocycles. The van der Waals surface area contributed by atoms with Crippen LogP contribution in [0, 0.1) is 5.92 Å². The van der Waals surface area contributed by atoms with Gasteiger partial charge in [-0.2, -0.15) is 0 Å². The number of amides is 3. The van der Waals surface area contributed by atoms with Crippen molar-refractivity contribution in [3.8, 4) is 5.75 Å². The Kier molecular flexibility index (Phi) is 19.1. The smallest absolute Gasteiger partial charge is 0.302 e. The van der Waals surface area contributed by atoms with Crippen LogP contribution in [0.2, 0.25) is 5.04 Å². The topological polar surface area (TPSA) is 153 Å². The molecule has 12 nitrogen and oxygen atoms in total. The zero-order valence-corrected chi connectivity index (χ0v) is 45.2. The van der Waals surface area contributed by atoms with Gasteiger partial charge >= 0.3 is 5.97 Å². The third kappa shape index (κ3) is 14.1. The zero-order chi connectivity index (χ0) is 53.5. The van der Waals surface area contributed by atoms with Crippen molar-refractivity contribution >= 4 is 42.4 Å². The van der Waals surface area contributed by atoms with E-state index in [-0.39, 0.29) is 49.2 Å². The van der Waals surface area contributed by atoms with Crippen LogP contribution < -0.4 is 25.7 Å². The Balaban J connectivity index is 1.01. The molecule has 3 N–H and O–H groups in total. The Morgan fingerprint density at radius 3 is 1.76 bits per heavy atom. The van der Waals surface area contributed by atoms with Crippen molar-refractivity contribution in [2.45, 2.75) is 127 Å². The van der Waals surface area contributed by atoms with E-state index in [2.05, 4.69) is 79.9 Å². The molecule has 1 aliphatic carbocycles. The van der Waals surface area contributed by atoms with Gasteiger partial charge in [-0.15, -0.1) is 0 Å². The number of fused-ring (bicyclic) bond motifs is 1. The highest BCUT2D eigenvalue weighted by molar-refractivity contribution is 6.99. The lowest BCUT2D eigenvalue weighted by molar-refractivity contribution is -0.160. The number of esters is 1. The monoisotopic (exact) mass is 1040 g/mol. The lowest BCUT2D eigenvalue weighted by Gasteiger charge is -2.43. The molecule has 1 heterocycles. The van der Waals surface area contributed by atoms with Crippen molar-refractivity contribution in [3.63, 3.8) is 0 Å². The summed E-state index contributed by atoms with van der Waals surface area (Å²) in [5.74, 6) is -1.37. The molecule has 3 amide bonds. The van der Waals surface area contributed by atoms with Crippen LogP contribution in [0.15, 0.2) is 176 Å². The summed E-state index contributed by atoms with van der Waals surface area (Å²) in [4.78, 5) is 58.9. The van der Waals surface area contributed by atoms with Crippen LogP contribution in [0.1, 0.15) is 82.1 Å². The summed E-state index contributed by atoms with van der Waals surface area (Å²) >= 11 is 0. The Labute approximate surface area is 449 Å². The number of nitrogens with zero attached hydrogens (tertiary/aromatic N) is 1. The van der Waals surface area contributed by atoms with Crippen molar-refractivity contribution in [1.82, 2.24) is 15.5 Å². The molecular weight excluding hydrogens is 971 g/mol. The third-order valence-electron chi connectivity index (χ3n) is 14.8. The number of benzene rings is 6. The Bertz CT molecular complexity index is 2740. The normalized spacial score (nSPS) is 19.2. The summed E-state index contributed by atoms with van der Waals surface area (Å²) in [5, 5.41) is 19.7. The quantitative estimate of drug-likeness (QED) is 0.0327. The molecule has 0 spiro atoms. The van der Waals surface area contributed by atoms with Gasteiger partial charge in [0.25, 0.3) is 8.32 Å². The molecule has 0 aromatic heterocycles. The number of carbonyl (C=O) groups excluding carboxylic acids is 4. The second-order valence-electron chi connectivity index (χ2n) is 21.2. The van der Waals surface area contributed by atoms with E-state index in [1.165, 1.54) is 17.3 Å². The number of likely N-dealkylation sites (tertiary alicyclic amines) is 1. The van der Waals surface area contributed by atoms with Crippen molar-refractivity contribution in [1.29, 1.82) is 0 Å². The van der Waals surface area contributed by atoms with Crippen LogP contribution in [-0.2, 0) is 59.1 Å². The van der Waals surface area contributed by atoms with E-state index in [1.807, 2.05) is 127 Å². The maximum Gasteiger partial charge on any atom is 0.302 e. The van der Waals surface area contributed by atoms with Gasteiger partial charge in [-0.1, -0.05) is 185 Å². The summed E-state index contributed by atoms with van der Waals surface area (Å²) in [6, 6.07) is 54.9. The van der Waals surface area contributed by atoms with E-state index in [0.29, 0.717) is 44.8 Å². The number of carbonyl (C=O) groups is 4. The number of aliphatic hydroxyl groups excluding tert-OH is 1. The lowest BCUT2D eigenvalue weighted by Crippen LogP contribution is -2.66. The standard InChI is InChI=1S/C63H73N3O9Si/c1-45(67)75-58-42-55-50(41-57(58)68)40-56(60(69)64-36-20-21-37-74-76(63(2,3)4,52-28-16-8-17-29-52)53-30-18-9-19-31-53)66(55)62(71)54(38-46-22-10-5-11-23-46)65-61(70)59(73-44-49-26-14-7-15-27-49)39-47-32-34-51(35-33-47)72-43-48-24-12-6-13-25-48/h5-19,22-35,50,54-59,68H,20-21,36-44H2,1-4H3,(H,64,69)(H,65,70)/t50-,54+,55+,56+,57-,58+,59+/m1/s1. The van der Waals surface area contributed by atoms with E-state index in [9.17, 15) is 19.5 Å². The number of aliphatic hydroxyl groups is 1. The highest BCUT2D eigenvalue weighted by Crippen LogP contribution is 2.42. The Morgan fingerprint density at radius 1 is 0.658 bits per heavy atom. The fraction of sp³-hybridized carbons (Fsp3) is 0.365. The fourth-order valence-corrected chi connectivity index (χ4v) is 15.6. The Hall–Kier alpha value is -6.90. The van der Waals surface area contributed by atoms with Gasteiger partial charge in [0.15, 0.2) is 0 Å². The second-order valence-corrected chi connectivity index (χ2v) is 25.5. The van der Waals surface area contributed by atoms with Crippen molar-refractivity contribution in [2.24, 2.45) is 5.92 Å². The summed E-state index contributed by atoms with van der Waals surface area (Å²) in [6.07, 6.45) is -0.532. The maximum absolute atomic E-state index is 15.5. The minimum atomic E-state index is -2.75. The van der Waals surface area contributed by atoms with Gasteiger partial charge in [0, 0.05) is 45.4 Å². The number of nitrogens with one attached hydrogen (secondary N) is 2. The van der Waals surface area contributed by atoms with Gasteiger partial charge in [-0.3, -0.25) is 19.2 Å². The molecule has 6 aromatic rings. The van der Waals surface area contributed by atoms with Crippen LogP contribution in [0.4, 0.5) is 0 Å². The van der Waals surface area contributed by atoms with Crippen LogP contribution >= 0.6 is 0 Å². The molecule has 0 radical (unpaired) electrons. The molecule has 76 heavy (non-hydrogen) atoms. The highest BCUT2D eigenvalue weighted by Gasteiger charge is 2.53. The molecule has 398 valence electrons. The largest absolute Gasteiger partial charge is 0.489 e. The minimum absolute atomic E-state index is 0.133. The highest BCUT2D eigenvalue weighted by atomic mass is 28.4. The number of hydrogen-bond donors (Lipinski definition) is 3. The minimum Gasteiger partial charge on any atom is -0.489 e. The number of unbranched alkanes of at least 4 members (excludes halogenated alkanes) is 1. The zero-order valence-electron chi connectivity index (χ0n) is 44.2. The predicted molar refractivity (Wildman–Crippen MR) is 297 cm³/mol. The number of rotatable bonds is 23. The van der Waals surface area contributed by atoms with Crippen LogP contribution in [0.5, 0.6) is 5.75 Å². The maximum atomic E-state index is 15.5. The first-order valence-electron chi connectivity index (χ1n) is 26.7. The fourth-order valence-electron chi connectivity index (χ4n) is 11.0. The summed E-state index contributed by atoms with van der Waals surface area (Å²) in [6.45, 7) is 9.43. The Morgan fingerprint density at radius 2 is 1.20 bits per heavy atom. The molecule has 1 aliphatic heterocycles. The molecule has 0 bridgehead atoms. The SMILES string of the molecule is CC(=O)O[C@H]1C[C@H]2[C@@H](C[C@H]1O)C[C@@H](C(=O)NCCCCO[Si](c1ccccc1)(c1ccccc1)C(C)(C)C)N2C(=O)[C@H](Cc1ccccc1)NC(=O)[C@H](Cc1ccc(OCc2ccccc2)cc1)OCc1ccccc1. The van der Waals surface area contributed by atoms with Crippen molar-refractivity contribution in [2.75, 3.05) is 13.2 Å². The van der Waals surface area contributed by atoms with Gasteiger partial charge in [0.1, 0.15) is 36.6 Å². The lowest BCUT2D eigenvalue weighted by atomic mass is 9.81. The van der Waals surface area contributed by atoms with Crippen LogP contribution in [-0.4, -0.2) is 91.6 Å².